The molecule has 0 amide bonds. The summed E-state index contributed by atoms with van der Waals surface area (Å²) in [5.41, 5.74) is 0.242. The summed E-state index contributed by atoms with van der Waals surface area (Å²) in [4.78, 5) is 30.0. The van der Waals surface area contributed by atoms with Gasteiger partial charge in [-0.2, -0.15) is 0 Å². The fourth-order valence-corrected chi connectivity index (χ4v) is 1.17. The molecule has 0 rings (SSSR count). The fourth-order valence-electron chi connectivity index (χ4n) is 1.17. The number of hydrogen-bond donors (Lipinski definition) is 4. The van der Waals surface area contributed by atoms with E-state index in [9.17, 15) is 14.4 Å². The second-order valence-electron chi connectivity index (χ2n) is 4.81. The first-order valence-corrected chi connectivity index (χ1v) is 8.08. The average Bonchev–Trinajstić information content (AvgIpc) is 2.66. The van der Waals surface area contributed by atoms with Crippen LogP contribution in [0.2, 0.25) is 0 Å². The smallest absolute Gasteiger partial charge is 0.336 e. The van der Waals surface area contributed by atoms with Gasteiger partial charge in [-0.25, -0.2) is 14.4 Å². The van der Waals surface area contributed by atoms with Gasteiger partial charge >= 0.3 is 17.9 Å². The van der Waals surface area contributed by atoms with Gasteiger partial charge in [0, 0.05) is 18.8 Å². The Bertz CT molecular complexity index is 453. The number of aliphatic hydroxyl groups excluding tert-OH is 2. The molecule has 0 heterocycles. The molecule has 0 spiro atoms. The zero-order valence-corrected chi connectivity index (χ0v) is 15.8. The number of hydrogen-bond acceptors (Lipinski definition) is 7. The third kappa shape index (κ3) is 21.5. The summed E-state index contributed by atoms with van der Waals surface area (Å²) in [6.07, 6.45) is 1.76. The lowest BCUT2D eigenvalue weighted by Gasteiger charge is -2.18. The second kappa shape index (κ2) is 19.8. The Morgan fingerprint density at radius 2 is 1.52 bits per heavy atom. The van der Waals surface area contributed by atoms with Gasteiger partial charge < -0.3 is 29.9 Å². The maximum Gasteiger partial charge on any atom is 0.336 e. The highest BCUT2D eigenvalue weighted by Crippen LogP contribution is 2.11. The van der Waals surface area contributed by atoms with Crippen LogP contribution in [0, 0.1) is 0 Å². The van der Waals surface area contributed by atoms with Gasteiger partial charge in [0.1, 0.15) is 12.7 Å². The first-order chi connectivity index (χ1) is 12.6. The zero-order chi connectivity index (χ0) is 21.8. The first-order valence-electron chi connectivity index (χ1n) is 8.08. The van der Waals surface area contributed by atoms with Crippen LogP contribution in [0.5, 0.6) is 0 Å². The predicted molar refractivity (Wildman–Crippen MR) is 99.2 cm³/mol. The van der Waals surface area contributed by atoms with Crippen LogP contribution < -0.4 is 0 Å². The normalized spacial score (nSPS) is 11.3. The summed E-state index contributed by atoms with van der Waals surface area (Å²) in [5.74, 6) is -2.56. The Hall–Kier alpha value is -2.49. The Kier molecular flexibility index (Phi) is 21.5. The number of ether oxygens (including phenoxy) is 2. The van der Waals surface area contributed by atoms with Crippen LogP contribution >= 0.6 is 0 Å². The highest BCUT2D eigenvalue weighted by molar-refractivity contribution is 5.88. The van der Waals surface area contributed by atoms with Crippen LogP contribution in [-0.2, 0) is 23.9 Å². The van der Waals surface area contributed by atoms with E-state index in [0.717, 1.165) is 18.6 Å². The monoisotopic (exact) mass is 390 g/mol. The largest absolute Gasteiger partial charge is 0.478 e. The molecule has 156 valence electrons. The third-order valence-electron chi connectivity index (χ3n) is 2.51. The standard InChI is InChI=1S/C12H22O5.2C3H4O2/c1-4-6-16-11(5-2)9(3)12(15)17-8-10(14)7-13;2*1-2-3(4)5/h10-11,13-14H,3-8H2,1-2H3;2*2H,1H2,(H,4,5). The van der Waals surface area contributed by atoms with Crippen LogP contribution in [0.25, 0.3) is 0 Å². The number of carboxylic acids is 2. The number of esters is 1. The van der Waals surface area contributed by atoms with Crippen LogP contribution in [0.4, 0.5) is 0 Å². The highest BCUT2D eigenvalue weighted by Gasteiger charge is 2.20. The summed E-state index contributed by atoms with van der Waals surface area (Å²) in [5, 5.41) is 32.8. The van der Waals surface area contributed by atoms with Crippen molar-refractivity contribution < 1.29 is 44.3 Å². The molecular formula is C18H30O9. The van der Waals surface area contributed by atoms with Crippen molar-refractivity contribution in [3.63, 3.8) is 0 Å². The van der Waals surface area contributed by atoms with Crippen LogP contribution in [0.15, 0.2) is 37.5 Å². The zero-order valence-electron chi connectivity index (χ0n) is 15.8. The number of carbonyl (C=O) groups excluding carboxylic acids is 1. The fraction of sp³-hybridized carbons (Fsp3) is 0.500. The molecule has 0 saturated heterocycles. The molecule has 2 unspecified atom stereocenters. The van der Waals surface area contributed by atoms with Gasteiger partial charge in [0.15, 0.2) is 0 Å². The molecule has 0 aromatic heterocycles. The molecular weight excluding hydrogens is 360 g/mol. The Morgan fingerprint density at radius 3 is 1.81 bits per heavy atom. The van der Waals surface area contributed by atoms with Crippen molar-refractivity contribution in [3.8, 4) is 0 Å². The van der Waals surface area contributed by atoms with Crippen LogP contribution in [0.3, 0.4) is 0 Å². The third-order valence-corrected chi connectivity index (χ3v) is 2.51. The molecule has 0 aliphatic carbocycles. The predicted octanol–water partition coefficient (Wildman–Crippen LogP) is 1.16. The minimum absolute atomic E-state index is 0.238. The molecule has 27 heavy (non-hydrogen) atoms. The number of aliphatic carboxylic acids is 2. The Morgan fingerprint density at radius 1 is 1.07 bits per heavy atom. The van der Waals surface area contributed by atoms with E-state index in [0.29, 0.717) is 13.0 Å². The molecule has 0 radical (unpaired) electrons. The number of rotatable bonds is 11. The van der Waals surface area contributed by atoms with Crippen molar-refractivity contribution in [1.82, 2.24) is 0 Å². The summed E-state index contributed by atoms with van der Waals surface area (Å²) in [7, 11) is 0. The second-order valence-corrected chi connectivity index (χ2v) is 4.81. The molecule has 9 heteroatoms. The molecule has 0 bridgehead atoms. The maximum atomic E-state index is 11.5. The van der Waals surface area contributed by atoms with Crippen LogP contribution in [0.1, 0.15) is 26.7 Å². The molecule has 0 fully saturated rings. The summed E-state index contributed by atoms with van der Waals surface area (Å²) < 4.78 is 10.2. The van der Waals surface area contributed by atoms with E-state index in [-0.39, 0.29) is 18.3 Å². The molecule has 0 aliphatic heterocycles. The molecule has 9 nitrogen and oxygen atoms in total. The quantitative estimate of drug-likeness (QED) is 0.301. The minimum atomic E-state index is -1.05. The van der Waals surface area contributed by atoms with E-state index in [1.807, 2.05) is 13.8 Å². The van der Waals surface area contributed by atoms with E-state index in [1.54, 1.807) is 0 Å². The van der Waals surface area contributed by atoms with Crippen molar-refractivity contribution in [1.29, 1.82) is 0 Å². The number of aliphatic hydroxyl groups is 2. The van der Waals surface area contributed by atoms with E-state index in [2.05, 4.69) is 19.7 Å². The van der Waals surface area contributed by atoms with Gasteiger partial charge in [-0.3, -0.25) is 0 Å². The van der Waals surface area contributed by atoms with Crippen molar-refractivity contribution in [2.45, 2.75) is 38.9 Å². The van der Waals surface area contributed by atoms with Gasteiger partial charge in [-0.15, -0.1) is 0 Å². The van der Waals surface area contributed by atoms with Gasteiger partial charge in [0.2, 0.25) is 0 Å². The van der Waals surface area contributed by atoms with Gasteiger partial charge in [-0.05, 0) is 12.8 Å². The summed E-state index contributed by atoms with van der Waals surface area (Å²) >= 11 is 0. The van der Waals surface area contributed by atoms with E-state index in [1.165, 1.54) is 0 Å². The van der Waals surface area contributed by atoms with E-state index >= 15 is 0 Å². The minimum Gasteiger partial charge on any atom is -0.478 e. The maximum absolute atomic E-state index is 11.5. The van der Waals surface area contributed by atoms with Gasteiger partial charge in [-0.1, -0.05) is 33.6 Å². The molecule has 4 N–H and O–H groups in total. The molecule has 0 saturated carbocycles. The lowest BCUT2D eigenvalue weighted by atomic mass is 10.1. The Labute approximate surface area is 159 Å². The van der Waals surface area contributed by atoms with E-state index < -0.39 is 30.6 Å². The van der Waals surface area contributed by atoms with Crippen molar-refractivity contribution in [2.75, 3.05) is 19.8 Å². The lowest BCUT2D eigenvalue weighted by Crippen LogP contribution is -2.26. The summed E-state index contributed by atoms with van der Waals surface area (Å²) in [6.45, 7) is 13.3. The molecule has 0 aromatic rings. The highest BCUT2D eigenvalue weighted by atomic mass is 16.5. The first kappa shape index (κ1) is 29.3. The Balaban J connectivity index is -0.000000471. The lowest BCUT2D eigenvalue weighted by molar-refractivity contribution is -0.144. The molecule has 2 atom stereocenters. The molecule has 0 aromatic carbocycles. The van der Waals surface area contributed by atoms with Crippen molar-refractivity contribution in [2.24, 2.45) is 0 Å². The molecule has 0 aliphatic rings. The number of carbonyl (C=O) groups is 3. The average molecular weight is 390 g/mol. The number of carboxylic acid groups (broad SMARTS) is 2. The SMILES string of the molecule is C=C(C(=O)OCC(O)CO)C(CC)OCCC.C=CC(=O)O.C=CC(=O)O. The van der Waals surface area contributed by atoms with Crippen LogP contribution in [-0.4, -0.2) is 70.4 Å². The van der Waals surface area contributed by atoms with Gasteiger partial charge in [0.05, 0.1) is 18.3 Å². The summed E-state index contributed by atoms with van der Waals surface area (Å²) in [6, 6.07) is 0. The topological polar surface area (TPSA) is 151 Å². The van der Waals surface area contributed by atoms with Crippen molar-refractivity contribution in [3.05, 3.63) is 37.5 Å². The van der Waals surface area contributed by atoms with Crippen molar-refractivity contribution >= 4 is 17.9 Å². The van der Waals surface area contributed by atoms with E-state index in [4.69, 9.17) is 29.9 Å². The van der Waals surface area contributed by atoms with Gasteiger partial charge in [0.25, 0.3) is 0 Å².